The highest BCUT2D eigenvalue weighted by atomic mass is 32.2. The summed E-state index contributed by atoms with van der Waals surface area (Å²) in [4.78, 5) is 1.31. The molecule has 0 amide bonds. The minimum Gasteiger partial charge on any atom is -0.508 e. The average molecular weight is 335 g/mol. The zero-order valence-corrected chi connectivity index (χ0v) is 14.5. The molecule has 3 heteroatoms. The van der Waals surface area contributed by atoms with Crippen molar-refractivity contribution in [2.45, 2.75) is 18.4 Å². The molecule has 3 rings (SSSR count). The first-order chi connectivity index (χ1) is 11.8. The van der Waals surface area contributed by atoms with Gasteiger partial charge in [0.2, 0.25) is 0 Å². The second-order valence-corrected chi connectivity index (χ2v) is 6.85. The molecule has 0 fully saturated rings. The molecule has 3 aromatic rings. The average Bonchev–Trinajstić information content (AvgIpc) is 2.63. The highest BCUT2D eigenvalue weighted by molar-refractivity contribution is 7.99. The lowest BCUT2D eigenvalue weighted by molar-refractivity contribution is 0.469. The molecule has 0 aromatic heterocycles. The van der Waals surface area contributed by atoms with Crippen molar-refractivity contribution in [1.29, 1.82) is 0 Å². The smallest absolute Gasteiger partial charge is 0.120 e. The van der Waals surface area contributed by atoms with Crippen LogP contribution in [-0.4, -0.2) is 10.9 Å². The fourth-order valence-corrected chi connectivity index (χ4v) is 3.21. The van der Waals surface area contributed by atoms with E-state index in [9.17, 15) is 5.11 Å². The number of anilines is 1. The Labute approximate surface area is 147 Å². The Kier molecular flexibility index (Phi) is 5.44. The van der Waals surface area contributed by atoms with Gasteiger partial charge in [0.25, 0.3) is 0 Å². The van der Waals surface area contributed by atoms with Gasteiger partial charge in [0.15, 0.2) is 0 Å². The van der Waals surface area contributed by atoms with E-state index < -0.39 is 0 Å². The number of phenolic OH excluding ortho intramolecular Hbond substituents is 1. The Morgan fingerprint density at radius 2 is 1.46 bits per heavy atom. The van der Waals surface area contributed by atoms with Crippen LogP contribution in [0.5, 0.6) is 5.75 Å². The van der Waals surface area contributed by atoms with Gasteiger partial charge in [-0.25, -0.2) is 0 Å². The first-order valence-corrected chi connectivity index (χ1v) is 9.09. The van der Waals surface area contributed by atoms with Gasteiger partial charge in [-0.05, 0) is 47.2 Å². The van der Waals surface area contributed by atoms with Crippen molar-refractivity contribution in [3.63, 3.8) is 0 Å². The third-order valence-electron chi connectivity index (χ3n) is 3.86. The lowest BCUT2D eigenvalue weighted by atomic mass is 10.1. The molecule has 0 spiro atoms. The summed E-state index contributed by atoms with van der Waals surface area (Å²) in [6, 6.07) is 24.5. The second kappa shape index (κ2) is 7.93. The lowest BCUT2D eigenvalue weighted by Gasteiger charge is -2.09. The Hall–Kier alpha value is -2.39. The molecule has 3 aromatic carbocycles. The SMILES string of the molecule is CCSc1ccc(-c2ccc(NCc3ccccc3O)cc2)cc1. The summed E-state index contributed by atoms with van der Waals surface area (Å²) in [7, 11) is 0. The van der Waals surface area contributed by atoms with Gasteiger partial charge >= 0.3 is 0 Å². The van der Waals surface area contributed by atoms with Crippen molar-refractivity contribution in [1.82, 2.24) is 0 Å². The summed E-state index contributed by atoms with van der Waals surface area (Å²) in [6.07, 6.45) is 0. The van der Waals surface area contributed by atoms with Crippen molar-refractivity contribution in [3.05, 3.63) is 78.4 Å². The molecular formula is C21H21NOS. The van der Waals surface area contributed by atoms with Crippen LogP contribution in [0.2, 0.25) is 0 Å². The highest BCUT2D eigenvalue weighted by Gasteiger charge is 2.01. The van der Waals surface area contributed by atoms with Crippen LogP contribution in [0.15, 0.2) is 77.7 Å². The zero-order chi connectivity index (χ0) is 16.8. The fraction of sp³-hybridized carbons (Fsp3) is 0.143. The van der Waals surface area contributed by atoms with Crippen LogP contribution < -0.4 is 5.32 Å². The molecule has 0 bridgehead atoms. The van der Waals surface area contributed by atoms with Crippen molar-refractivity contribution in [3.8, 4) is 16.9 Å². The molecule has 0 heterocycles. The molecule has 0 saturated heterocycles. The summed E-state index contributed by atoms with van der Waals surface area (Å²) in [5.41, 5.74) is 4.37. The minimum atomic E-state index is 0.326. The first-order valence-electron chi connectivity index (χ1n) is 8.10. The standard InChI is InChI=1S/C21H21NOS/c1-2-24-20-13-9-17(10-14-20)16-7-11-19(12-8-16)22-15-18-5-3-4-6-21(18)23/h3-14,22-23H,2,15H2,1H3. The molecular weight excluding hydrogens is 314 g/mol. The summed E-state index contributed by atoms with van der Waals surface area (Å²) in [6.45, 7) is 2.77. The Morgan fingerprint density at radius 1 is 0.833 bits per heavy atom. The maximum atomic E-state index is 9.80. The van der Waals surface area contributed by atoms with E-state index in [4.69, 9.17) is 0 Å². The second-order valence-electron chi connectivity index (χ2n) is 5.52. The summed E-state index contributed by atoms with van der Waals surface area (Å²) >= 11 is 1.86. The van der Waals surface area contributed by atoms with Gasteiger partial charge in [-0.2, -0.15) is 0 Å². The normalized spacial score (nSPS) is 10.5. The predicted octanol–water partition coefficient (Wildman–Crippen LogP) is 5.78. The number of nitrogens with one attached hydrogen (secondary N) is 1. The summed E-state index contributed by atoms with van der Waals surface area (Å²) in [5.74, 6) is 1.42. The van der Waals surface area contributed by atoms with E-state index >= 15 is 0 Å². The summed E-state index contributed by atoms with van der Waals surface area (Å²) < 4.78 is 0. The zero-order valence-electron chi connectivity index (χ0n) is 13.7. The number of hydrogen-bond donors (Lipinski definition) is 2. The van der Waals surface area contributed by atoms with E-state index in [1.165, 1.54) is 16.0 Å². The third kappa shape index (κ3) is 4.12. The van der Waals surface area contributed by atoms with Gasteiger partial charge in [0.1, 0.15) is 5.75 Å². The van der Waals surface area contributed by atoms with Gasteiger partial charge in [-0.3, -0.25) is 0 Å². The molecule has 0 atom stereocenters. The molecule has 2 nitrogen and oxygen atoms in total. The van der Waals surface area contributed by atoms with E-state index in [1.807, 2.05) is 30.0 Å². The molecule has 0 aliphatic rings. The Balaban J connectivity index is 1.65. The lowest BCUT2D eigenvalue weighted by Crippen LogP contribution is -1.99. The molecule has 2 N–H and O–H groups in total. The summed E-state index contributed by atoms with van der Waals surface area (Å²) in [5, 5.41) is 13.1. The van der Waals surface area contributed by atoms with E-state index in [-0.39, 0.29) is 0 Å². The van der Waals surface area contributed by atoms with Gasteiger partial charge in [-0.15, -0.1) is 11.8 Å². The number of aromatic hydroxyl groups is 1. The molecule has 0 aliphatic carbocycles. The van der Waals surface area contributed by atoms with Crippen molar-refractivity contribution >= 4 is 17.4 Å². The predicted molar refractivity (Wildman–Crippen MR) is 104 cm³/mol. The topological polar surface area (TPSA) is 32.3 Å². The van der Waals surface area contributed by atoms with E-state index in [1.54, 1.807) is 6.07 Å². The van der Waals surface area contributed by atoms with Crippen LogP contribution in [-0.2, 0) is 6.54 Å². The van der Waals surface area contributed by atoms with Crippen molar-refractivity contribution in [2.75, 3.05) is 11.1 Å². The van der Waals surface area contributed by atoms with E-state index in [0.29, 0.717) is 12.3 Å². The third-order valence-corrected chi connectivity index (χ3v) is 4.75. The largest absolute Gasteiger partial charge is 0.508 e. The highest BCUT2D eigenvalue weighted by Crippen LogP contribution is 2.25. The van der Waals surface area contributed by atoms with Gasteiger partial charge in [0.05, 0.1) is 0 Å². The van der Waals surface area contributed by atoms with Gasteiger partial charge in [-0.1, -0.05) is 49.4 Å². The molecule has 0 aliphatic heterocycles. The number of thioether (sulfide) groups is 1. The fourth-order valence-electron chi connectivity index (χ4n) is 2.55. The van der Waals surface area contributed by atoms with Crippen LogP contribution in [0.3, 0.4) is 0 Å². The number of phenols is 1. The first kappa shape index (κ1) is 16.5. The minimum absolute atomic E-state index is 0.326. The van der Waals surface area contributed by atoms with Crippen molar-refractivity contribution in [2.24, 2.45) is 0 Å². The van der Waals surface area contributed by atoms with Crippen LogP contribution >= 0.6 is 11.8 Å². The number of para-hydroxylation sites is 1. The number of benzene rings is 3. The molecule has 0 unspecified atom stereocenters. The Bertz CT molecular complexity index is 782. The molecule has 24 heavy (non-hydrogen) atoms. The number of hydrogen-bond acceptors (Lipinski definition) is 3. The monoisotopic (exact) mass is 335 g/mol. The van der Waals surface area contributed by atoms with Crippen LogP contribution in [0.1, 0.15) is 12.5 Å². The molecule has 0 radical (unpaired) electrons. The van der Waals surface area contributed by atoms with Crippen LogP contribution in [0, 0.1) is 0 Å². The maximum Gasteiger partial charge on any atom is 0.120 e. The molecule has 122 valence electrons. The van der Waals surface area contributed by atoms with Crippen molar-refractivity contribution < 1.29 is 5.11 Å². The number of rotatable bonds is 6. The van der Waals surface area contributed by atoms with Crippen LogP contribution in [0.25, 0.3) is 11.1 Å². The van der Waals surface area contributed by atoms with Gasteiger partial charge < -0.3 is 10.4 Å². The quantitative estimate of drug-likeness (QED) is 0.560. The van der Waals surface area contributed by atoms with E-state index in [2.05, 4.69) is 60.8 Å². The van der Waals surface area contributed by atoms with E-state index in [0.717, 1.165) is 17.0 Å². The maximum absolute atomic E-state index is 9.80. The Morgan fingerprint density at radius 3 is 2.08 bits per heavy atom. The van der Waals surface area contributed by atoms with Crippen LogP contribution in [0.4, 0.5) is 5.69 Å². The molecule has 0 saturated carbocycles. The van der Waals surface area contributed by atoms with Gasteiger partial charge in [0, 0.05) is 22.7 Å².